The minimum absolute atomic E-state index is 0.0785. The number of carbonyl (C=O) groups is 4. The molecule has 0 fully saturated rings. The lowest BCUT2D eigenvalue weighted by molar-refractivity contribution is -0.155. The van der Waals surface area contributed by atoms with Crippen molar-refractivity contribution in [1.29, 1.82) is 0 Å². The molecular formula is C22H32N2O7. The first kappa shape index (κ1) is 26.1. The van der Waals surface area contributed by atoms with Crippen LogP contribution in [0.2, 0.25) is 0 Å². The second kappa shape index (κ2) is 12.0. The largest absolute Gasteiger partial charge is 0.458 e. The van der Waals surface area contributed by atoms with Gasteiger partial charge in [0.25, 0.3) is 0 Å². The smallest absolute Gasteiger partial charge is 0.338 e. The average molecular weight is 437 g/mol. The first-order valence-corrected chi connectivity index (χ1v) is 10.1. The summed E-state index contributed by atoms with van der Waals surface area (Å²) >= 11 is 0. The van der Waals surface area contributed by atoms with Gasteiger partial charge in [0.05, 0.1) is 11.6 Å². The number of hydrogen-bond donors (Lipinski definition) is 2. The van der Waals surface area contributed by atoms with Gasteiger partial charge in [-0.3, -0.25) is 9.59 Å². The zero-order valence-electron chi connectivity index (χ0n) is 18.8. The van der Waals surface area contributed by atoms with E-state index in [9.17, 15) is 19.2 Å². The standard InChI is InChI=1S/C22H32N2O7/c1-12(2)18(23)20(26)24-19(13(3)4)22(28)30-14(5)11-29-21(27)16-7-9-17(10-8-16)31-15(6)25/h7-10,12-14,18-19H,11,23H2,1-6H3,(H,24,26)/t14?,18-,19-/m1/s1. The van der Waals surface area contributed by atoms with Gasteiger partial charge in [0.2, 0.25) is 5.91 Å². The number of hydrogen-bond acceptors (Lipinski definition) is 8. The molecule has 1 rings (SSSR count). The highest BCUT2D eigenvalue weighted by atomic mass is 16.6. The fourth-order valence-electron chi connectivity index (χ4n) is 2.46. The number of nitrogens with two attached hydrogens (primary N) is 1. The van der Waals surface area contributed by atoms with Crippen molar-refractivity contribution in [2.45, 2.75) is 59.7 Å². The van der Waals surface area contributed by atoms with Crippen molar-refractivity contribution >= 4 is 23.8 Å². The molecule has 1 aromatic carbocycles. The molecule has 0 aliphatic rings. The van der Waals surface area contributed by atoms with Crippen LogP contribution in [-0.4, -0.2) is 48.6 Å². The molecule has 0 bridgehead atoms. The topological polar surface area (TPSA) is 134 Å². The maximum absolute atomic E-state index is 12.5. The molecule has 9 nitrogen and oxygen atoms in total. The Morgan fingerprint density at radius 3 is 2.03 bits per heavy atom. The van der Waals surface area contributed by atoms with Gasteiger partial charge in [-0.15, -0.1) is 0 Å². The van der Waals surface area contributed by atoms with Crippen LogP contribution < -0.4 is 15.8 Å². The Balaban J connectivity index is 2.59. The highest BCUT2D eigenvalue weighted by molar-refractivity contribution is 5.90. The van der Waals surface area contributed by atoms with Gasteiger partial charge in [0.1, 0.15) is 24.5 Å². The van der Waals surface area contributed by atoms with Crippen LogP contribution in [0.5, 0.6) is 5.75 Å². The van der Waals surface area contributed by atoms with Crippen LogP contribution in [0.25, 0.3) is 0 Å². The molecule has 0 radical (unpaired) electrons. The summed E-state index contributed by atoms with van der Waals surface area (Å²) in [4.78, 5) is 47.8. The van der Waals surface area contributed by atoms with E-state index in [4.69, 9.17) is 19.9 Å². The maximum Gasteiger partial charge on any atom is 0.338 e. The van der Waals surface area contributed by atoms with E-state index in [1.807, 2.05) is 13.8 Å². The number of nitrogens with one attached hydrogen (secondary N) is 1. The third-order valence-electron chi connectivity index (χ3n) is 4.36. The van der Waals surface area contributed by atoms with Crippen molar-refractivity contribution < 1.29 is 33.4 Å². The molecule has 0 heterocycles. The summed E-state index contributed by atoms with van der Waals surface area (Å²) in [7, 11) is 0. The third kappa shape index (κ3) is 8.75. The normalized spacial score (nSPS) is 13.8. The van der Waals surface area contributed by atoms with E-state index in [1.165, 1.54) is 31.2 Å². The maximum atomic E-state index is 12.5. The van der Waals surface area contributed by atoms with Crippen LogP contribution in [0.15, 0.2) is 24.3 Å². The first-order chi connectivity index (χ1) is 14.4. The lowest BCUT2D eigenvalue weighted by Gasteiger charge is -2.25. The van der Waals surface area contributed by atoms with E-state index in [0.29, 0.717) is 5.75 Å². The number of esters is 3. The quantitative estimate of drug-likeness (QED) is 0.419. The summed E-state index contributed by atoms with van der Waals surface area (Å²) in [5.41, 5.74) is 6.09. The summed E-state index contributed by atoms with van der Waals surface area (Å²) in [5.74, 6) is -2.13. The van der Waals surface area contributed by atoms with Gasteiger partial charge in [-0.05, 0) is 43.0 Å². The van der Waals surface area contributed by atoms with Crippen LogP contribution in [0.3, 0.4) is 0 Å². The third-order valence-corrected chi connectivity index (χ3v) is 4.36. The molecular weight excluding hydrogens is 404 g/mol. The predicted molar refractivity (Wildman–Crippen MR) is 113 cm³/mol. The number of benzene rings is 1. The Bertz CT molecular complexity index is 775. The molecule has 1 aromatic rings. The molecule has 31 heavy (non-hydrogen) atoms. The van der Waals surface area contributed by atoms with Crippen LogP contribution >= 0.6 is 0 Å². The highest BCUT2D eigenvalue weighted by Gasteiger charge is 2.30. The first-order valence-electron chi connectivity index (χ1n) is 10.1. The van der Waals surface area contributed by atoms with E-state index in [1.54, 1.807) is 20.8 Å². The van der Waals surface area contributed by atoms with Gasteiger partial charge >= 0.3 is 17.9 Å². The van der Waals surface area contributed by atoms with E-state index in [-0.39, 0.29) is 24.0 Å². The Kier molecular flexibility index (Phi) is 10.1. The van der Waals surface area contributed by atoms with Gasteiger partial charge < -0.3 is 25.3 Å². The molecule has 0 spiro atoms. The van der Waals surface area contributed by atoms with Crippen LogP contribution in [0.4, 0.5) is 0 Å². The fraction of sp³-hybridized carbons (Fsp3) is 0.545. The molecule has 3 atom stereocenters. The Morgan fingerprint density at radius 2 is 1.55 bits per heavy atom. The van der Waals surface area contributed by atoms with Crippen molar-refractivity contribution in [3.63, 3.8) is 0 Å². The van der Waals surface area contributed by atoms with Gasteiger partial charge in [0.15, 0.2) is 0 Å². The van der Waals surface area contributed by atoms with E-state index in [2.05, 4.69) is 5.32 Å². The zero-order chi connectivity index (χ0) is 23.7. The van der Waals surface area contributed by atoms with Crippen molar-refractivity contribution in [2.24, 2.45) is 17.6 Å². The van der Waals surface area contributed by atoms with Crippen LogP contribution in [0, 0.1) is 11.8 Å². The van der Waals surface area contributed by atoms with Crippen molar-refractivity contribution in [3.8, 4) is 5.75 Å². The summed E-state index contributed by atoms with van der Waals surface area (Å²) in [5, 5.41) is 2.63. The van der Waals surface area contributed by atoms with Crippen molar-refractivity contribution in [2.75, 3.05) is 6.61 Å². The number of ether oxygens (including phenoxy) is 3. The lowest BCUT2D eigenvalue weighted by Crippen LogP contribution is -2.53. The number of carbonyl (C=O) groups excluding carboxylic acids is 4. The molecule has 0 saturated carbocycles. The molecule has 3 N–H and O–H groups in total. The molecule has 0 saturated heterocycles. The number of amides is 1. The molecule has 0 aliphatic heterocycles. The van der Waals surface area contributed by atoms with Crippen molar-refractivity contribution in [3.05, 3.63) is 29.8 Å². The number of rotatable bonds is 10. The predicted octanol–water partition coefficient (Wildman–Crippen LogP) is 1.82. The summed E-state index contributed by atoms with van der Waals surface area (Å²) < 4.78 is 15.4. The SMILES string of the molecule is CC(=O)Oc1ccc(C(=O)OCC(C)OC(=O)[C@H](NC(=O)[C@H](N)C(C)C)C(C)C)cc1. The molecule has 1 unspecified atom stereocenters. The second-order valence-corrected chi connectivity index (χ2v) is 7.96. The lowest BCUT2D eigenvalue weighted by atomic mass is 10.0. The monoisotopic (exact) mass is 436 g/mol. The molecule has 0 aliphatic carbocycles. The fourth-order valence-corrected chi connectivity index (χ4v) is 2.46. The second-order valence-electron chi connectivity index (χ2n) is 7.96. The van der Waals surface area contributed by atoms with E-state index >= 15 is 0 Å². The van der Waals surface area contributed by atoms with Gasteiger partial charge in [0, 0.05) is 6.92 Å². The Hall–Kier alpha value is -2.94. The van der Waals surface area contributed by atoms with E-state index < -0.39 is 42.0 Å². The Morgan fingerprint density at radius 1 is 0.968 bits per heavy atom. The Labute approximate surface area is 182 Å². The summed E-state index contributed by atoms with van der Waals surface area (Å²) in [6.07, 6.45) is -0.728. The van der Waals surface area contributed by atoms with Gasteiger partial charge in [-0.1, -0.05) is 27.7 Å². The molecule has 172 valence electrons. The minimum Gasteiger partial charge on any atom is -0.458 e. The summed E-state index contributed by atoms with van der Waals surface area (Å²) in [6.45, 7) is 9.86. The average Bonchev–Trinajstić information content (AvgIpc) is 2.68. The van der Waals surface area contributed by atoms with Gasteiger partial charge in [-0.2, -0.15) is 0 Å². The summed E-state index contributed by atoms with van der Waals surface area (Å²) in [6, 6.07) is 4.25. The van der Waals surface area contributed by atoms with Gasteiger partial charge in [-0.25, -0.2) is 9.59 Å². The van der Waals surface area contributed by atoms with Crippen LogP contribution in [-0.2, 0) is 23.9 Å². The zero-order valence-corrected chi connectivity index (χ0v) is 18.8. The van der Waals surface area contributed by atoms with E-state index in [0.717, 1.165) is 0 Å². The van der Waals surface area contributed by atoms with Crippen molar-refractivity contribution in [1.82, 2.24) is 5.32 Å². The molecule has 1 amide bonds. The van der Waals surface area contributed by atoms with Crippen LogP contribution in [0.1, 0.15) is 51.9 Å². The molecule has 0 aromatic heterocycles. The molecule has 9 heteroatoms. The highest BCUT2D eigenvalue weighted by Crippen LogP contribution is 2.14. The minimum atomic E-state index is -0.871.